The summed E-state index contributed by atoms with van der Waals surface area (Å²) in [5.74, 6) is 1.35. The summed E-state index contributed by atoms with van der Waals surface area (Å²) in [6.07, 6.45) is 1.48. The van der Waals surface area contributed by atoms with Crippen molar-refractivity contribution in [3.8, 4) is 11.8 Å². The van der Waals surface area contributed by atoms with Gasteiger partial charge in [-0.25, -0.2) is 4.99 Å². The third kappa shape index (κ3) is 4.08. The number of nitro benzene ring substituents is 1. The number of benzene rings is 2. The normalized spacial score (nSPS) is 10.5. The first-order valence-corrected chi connectivity index (χ1v) is 7.79. The van der Waals surface area contributed by atoms with Crippen molar-refractivity contribution < 1.29 is 9.66 Å². The monoisotopic (exact) mass is 362 g/mol. The lowest BCUT2D eigenvalue weighted by atomic mass is 10.2. The summed E-state index contributed by atoms with van der Waals surface area (Å²) in [6, 6.07) is 15.2. The topological polar surface area (TPSA) is 129 Å². The van der Waals surface area contributed by atoms with Crippen LogP contribution in [0.5, 0.6) is 5.75 Å². The van der Waals surface area contributed by atoms with E-state index in [1.807, 2.05) is 0 Å². The van der Waals surface area contributed by atoms with Crippen LogP contribution in [-0.4, -0.2) is 28.4 Å². The minimum Gasteiger partial charge on any atom is -0.497 e. The molecule has 2 aromatic carbocycles. The van der Waals surface area contributed by atoms with Crippen LogP contribution in [0.4, 0.5) is 23.0 Å². The minimum absolute atomic E-state index is 0.00406. The summed E-state index contributed by atoms with van der Waals surface area (Å²) in [7, 11) is 1.58. The number of nitrogens with zero attached hydrogens (tertiary/aromatic N) is 4. The Hall–Kier alpha value is -4.19. The van der Waals surface area contributed by atoms with Crippen LogP contribution in [0.3, 0.4) is 0 Å². The van der Waals surface area contributed by atoms with Crippen molar-refractivity contribution in [2.24, 2.45) is 4.99 Å². The SMILES string of the molecule is COc1ccc(Nc2[nH]nc(N=Cc3ccc([N+](=O)[O-])cc3)c2C#N)cc1. The van der Waals surface area contributed by atoms with E-state index in [-0.39, 0.29) is 17.1 Å². The molecule has 3 aromatic rings. The van der Waals surface area contributed by atoms with Gasteiger partial charge in [0, 0.05) is 24.0 Å². The van der Waals surface area contributed by atoms with E-state index in [9.17, 15) is 15.4 Å². The molecule has 0 fully saturated rings. The zero-order valence-corrected chi connectivity index (χ0v) is 14.2. The molecule has 9 heteroatoms. The molecule has 0 spiro atoms. The molecule has 1 heterocycles. The van der Waals surface area contributed by atoms with E-state index in [1.54, 1.807) is 43.5 Å². The van der Waals surface area contributed by atoms with Gasteiger partial charge in [0.15, 0.2) is 5.82 Å². The second-order valence-corrected chi connectivity index (χ2v) is 5.37. The van der Waals surface area contributed by atoms with E-state index in [4.69, 9.17) is 4.74 Å². The number of non-ortho nitro benzene ring substituents is 1. The Kier molecular flexibility index (Phi) is 5.09. The van der Waals surface area contributed by atoms with Gasteiger partial charge in [-0.05, 0) is 42.0 Å². The Labute approximate surface area is 154 Å². The summed E-state index contributed by atoms with van der Waals surface area (Å²) >= 11 is 0. The predicted molar refractivity (Wildman–Crippen MR) is 99.9 cm³/mol. The molecule has 0 aliphatic carbocycles. The molecular weight excluding hydrogens is 348 g/mol. The zero-order chi connectivity index (χ0) is 19.2. The smallest absolute Gasteiger partial charge is 0.269 e. The number of ether oxygens (including phenoxy) is 1. The van der Waals surface area contributed by atoms with Gasteiger partial charge >= 0.3 is 0 Å². The summed E-state index contributed by atoms with van der Waals surface area (Å²) in [4.78, 5) is 14.4. The van der Waals surface area contributed by atoms with Gasteiger partial charge in [-0.1, -0.05) is 0 Å². The van der Waals surface area contributed by atoms with Crippen molar-refractivity contribution in [3.05, 3.63) is 69.8 Å². The third-order valence-corrected chi connectivity index (χ3v) is 3.66. The Morgan fingerprint density at radius 2 is 1.96 bits per heavy atom. The summed E-state index contributed by atoms with van der Waals surface area (Å²) in [5, 5.41) is 29.9. The maximum atomic E-state index is 10.7. The number of anilines is 2. The van der Waals surface area contributed by atoms with Crippen LogP contribution in [0.1, 0.15) is 11.1 Å². The average molecular weight is 362 g/mol. The summed E-state index contributed by atoms with van der Waals surface area (Å²) < 4.78 is 5.11. The molecule has 0 saturated heterocycles. The molecule has 0 atom stereocenters. The summed E-state index contributed by atoms with van der Waals surface area (Å²) in [6.45, 7) is 0. The first kappa shape index (κ1) is 17.6. The first-order valence-electron chi connectivity index (χ1n) is 7.79. The van der Waals surface area contributed by atoms with Crippen LogP contribution in [0.2, 0.25) is 0 Å². The van der Waals surface area contributed by atoms with E-state index in [2.05, 4.69) is 26.6 Å². The van der Waals surface area contributed by atoms with E-state index < -0.39 is 4.92 Å². The van der Waals surface area contributed by atoms with Crippen LogP contribution in [-0.2, 0) is 0 Å². The van der Waals surface area contributed by atoms with Crippen molar-refractivity contribution in [1.82, 2.24) is 10.2 Å². The van der Waals surface area contributed by atoms with Gasteiger partial charge in [-0.3, -0.25) is 15.2 Å². The first-order chi connectivity index (χ1) is 13.1. The molecule has 0 unspecified atom stereocenters. The van der Waals surface area contributed by atoms with Crippen LogP contribution >= 0.6 is 0 Å². The second-order valence-electron chi connectivity index (χ2n) is 5.37. The number of aliphatic imine (C=N–C) groups is 1. The van der Waals surface area contributed by atoms with Crippen LogP contribution in [0.25, 0.3) is 0 Å². The largest absolute Gasteiger partial charge is 0.497 e. The molecule has 0 amide bonds. The highest BCUT2D eigenvalue weighted by Gasteiger charge is 2.12. The highest BCUT2D eigenvalue weighted by atomic mass is 16.6. The number of H-pyrrole nitrogens is 1. The lowest BCUT2D eigenvalue weighted by Crippen LogP contribution is -1.93. The molecule has 9 nitrogen and oxygen atoms in total. The van der Waals surface area contributed by atoms with Gasteiger partial charge in [0.05, 0.1) is 12.0 Å². The lowest BCUT2D eigenvalue weighted by Gasteiger charge is -2.05. The molecule has 0 aliphatic heterocycles. The van der Waals surface area contributed by atoms with Crippen molar-refractivity contribution in [3.63, 3.8) is 0 Å². The van der Waals surface area contributed by atoms with E-state index in [0.717, 1.165) is 11.4 Å². The fraction of sp³-hybridized carbons (Fsp3) is 0.0556. The van der Waals surface area contributed by atoms with E-state index >= 15 is 0 Å². The van der Waals surface area contributed by atoms with Gasteiger partial charge in [0.25, 0.3) is 5.69 Å². The Balaban J connectivity index is 1.78. The number of hydrogen-bond acceptors (Lipinski definition) is 7. The minimum atomic E-state index is -0.473. The molecule has 3 rings (SSSR count). The third-order valence-electron chi connectivity index (χ3n) is 3.66. The fourth-order valence-corrected chi connectivity index (χ4v) is 2.26. The van der Waals surface area contributed by atoms with E-state index in [1.165, 1.54) is 18.3 Å². The highest BCUT2D eigenvalue weighted by Crippen LogP contribution is 2.26. The molecule has 0 saturated carbocycles. The van der Waals surface area contributed by atoms with Crippen LogP contribution in [0.15, 0.2) is 53.5 Å². The molecule has 1 aromatic heterocycles. The number of aromatic nitrogens is 2. The number of nitro groups is 1. The maximum absolute atomic E-state index is 10.7. The quantitative estimate of drug-likeness (QED) is 0.391. The fourth-order valence-electron chi connectivity index (χ4n) is 2.26. The number of aromatic amines is 1. The summed E-state index contributed by atoms with van der Waals surface area (Å²) in [5.41, 5.74) is 1.65. The maximum Gasteiger partial charge on any atom is 0.269 e. The van der Waals surface area contributed by atoms with Crippen LogP contribution < -0.4 is 10.1 Å². The van der Waals surface area contributed by atoms with Gasteiger partial charge in [-0.2, -0.15) is 10.4 Å². The van der Waals surface area contributed by atoms with E-state index in [0.29, 0.717) is 11.4 Å². The van der Waals surface area contributed by atoms with Gasteiger partial charge in [-0.15, -0.1) is 0 Å². The van der Waals surface area contributed by atoms with Crippen molar-refractivity contribution in [2.75, 3.05) is 12.4 Å². The molecule has 0 radical (unpaired) electrons. The number of rotatable bonds is 6. The predicted octanol–water partition coefficient (Wildman–Crippen LogP) is 3.69. The zero-order valence-electron chi connectivity index (χ0n) is 14.2. The number of nitrogens with one attached hydrogen (secondary N) is 2. The molecule has 0 aliphatic rings. The van der Waals surface area contributed by atoms with Crippen molar-refractivity contribution >= 4 is 29.2 Å². The van der Waals surface area contributed by atoms with Gasteiger partial charge in [0.2, 0.25) is 0 Å². The van der Waals surface area contributed by atoms with Gasteiger partial charge < -0.3 is 10.1 Å². The van der Waals surface area contributed by atoms with Crippen molar-refractivity contribution in [1.29, 1.82) is 5.26 Å². The number of hydrogen-bond donors (Lipinski definition) is 2. The molecule has 134 valence electrons. The van der Waals surface area contributed by atoms with Gasteiger partial charge in [0.1, 0.15) is 23.2 Å². The Morgan fingerprint density at radius 3 is 2.56 bits per heavy atom. The highest BCUT2D eigenvalue weighted by molar-refractivity contribution is 5.83. The van der Waals surface area contributed by atoms with Crippen molar-refractivity contribution in [2.45, 2.75) is 0 Å². The average Bonchev–Trinajstić information content (AvgIpc) is 3.08. The molecule has 27 heavy (non-hydrogen) atoms. The lowest BCUT2D eigenvalue weighted by molar-refractivity contribution is -0.384. The number of methoxy groups -OCH3 is 1. The van der Waals surface area contributed by atoms with Crippen LogP contribution in [0, 0.1) is 21.4 Å². The standard InChI is InChI=1S/C18H14N6O3/c1-27-15-8-4-13(5-9-15)21-18-16(10-19)17(22-23-18)20-11-12-2-6-14(7-3-12)24(25)26/h2-9,11H,1H3,(H2,21,22,23). The molecule has 0 bridgehead atoms. The second kappa shape index (κ2) is 7.79. The molecular formula is C18H14N6O3. The Bertz CT molecular complexity index is 1020. The Morgan fingerprint density at radius 1 is 1.26 bits per heavy atom. The molecule has 2 N–H and O–H groups in total. The number of nitriles is 1.